The molecule has 0 N–H and O–H groups in total. The molecule has 1 aromatic heterocycles. The number of hydrogen-bond donors (Lipinski definition) is 0. The molecule has 2 heterocycles. The van der Waals surface area contributed by atoms with Crippen molar-refractivity contribution in [3.63, 3.8) is 0 Å². The second-order valence-electron chi connectivity index (χ2n) is 6.38. The van der Waals surface area contributed by atoms with E-state index in [1.54, 1.807) is 0 Å². The van der Waals surface area contributed by atoms with Crippen LogP contribution in [0.1, 0.15) is 37.7 Å². The topological polar surface area (TPSA) is 38.1 Å². The monoisotopic (exact) mass is 297 g/mol. The van der Waals surface area contributed by atoms with Gasteiger partial charge in [0.05, 0.1) is 6.54 Å². The molecule has 0 spiro atoms. The van der Waals surface area contributed by atoms with Crippen molar-refractivity contribution in [1.29, 1.82) is 0 Å². The molecule has 4 nitrogen and oxygen atoms in total. The van der Waals surface area contributed by atoms with E-state index in [4.69, 9.17) is 0 Å². The van der Waals surface area contributed by atoms with Crippen LogP contribution in [0.2, 0.25) is 0 Å². The van der Waals surface area contributed by atoms with Crippen LogP contribution >= 0.6 is 0 Å². The highest BCUT2D eigenvalue weighted by atomic mass is 16.2. The van der Waals surface area contributed by atoms with Crippen LogP contribution in [0.3, 0.4) is 0 Å². The molecule has 0 radical (unpaired) electrons. The van der Waals surface area contributed by atoms with Crippen LogP contribution in [0.15, 0.2) is 42.7 Å². The van der Waals surface area contributed by atoms with Crippen LogP contribution in [0.4, 0.5) is 0 Å². The fourth-order valence-electron chi connectivity index (χ4n) is 3.20. The van der Waals surface area contributed by atoms with Crippen molar-refractivity contribution in [2.45, 2.75) is 39.3 Å². The first kappa shape index (κ1) is 14.8. The molecular formula is C18H23N3O. The number of imidazole rings is 1. The van der Waals surface area contributed by atoms with Crippen molar-refractivity contribution in [3.8, 4) is 0 Å². The van der Waals surface area contributed by atoms with Crippen LogP contribution in [-0.4, -0.2) is 26.9 Å². The Morgan fingerprint density at radius 2 is 2.05 bits per heavy atom. The van der Waals surface area contributed by atoms with E-state index >= 15 is 0 Å². The molecule has 3 rings (SSSR count). The van der Waals surface area contributed by atoms with Gasteiger partial charge in [0.25, 0.3) is 0 Å². The fourth-order valence-corrected chi connectivity index (χ4v) is 3.20. The van der Waals surface area contributed by atoms with E-state index < -0.39 is 0 Å². The summed E-state index contributed by atoms with van der Waals surface area (Å²) in [5.41, 5.74) is 1.31. The Labute approximate surface area is 131 Å². The summed E-state index contributed by atoms with van der Waals surface area (Å²) in [5, 5.41) is 0. The maximum atomic E-state index is 12.3. The highest BCUT2D eigenvalue weighted by molar-refractivity contribution is 5.78. The standard InChI is InChI=1S/C18H23N3O/c1-14(2)21-9-8-19-17(21)13-20-12-16(11-18(20)22)10-15-6-4-3-5-7-15/h3-9,14,16H,10-13H2,1-2H3/t16-/m0/s1. The molecule has 1 atom stereocenters. The average Bonchev–Trinajstić information content (AvgIpc) is 3.08. The third-order valence-corrected chi connectivity index (χ3v) is 4.30. The maximum Gasteiger partial charge on any atom is 0.223 e. The van der Waals surface area contributed by atoms with E-state index in [2.05, 4.69) is 47.7 Å². The molecule has 0 unspecified atom stereocenters. The molecule has 1 fully saturated rings. The van der Waals surface area contributed by atoms with Gasteiger partial charge < -0.3 is 9.47 Å². The Bertz CT molecular complexity index is 633. The molecular weight excluding hydrogens is 274 g/mol. The lowest BCUT2D eigenvalue weighted by Gasteiger charge is -2.19. The van der Waals surface area contributed by atoms with Crippen LogP contribution in [-0.2, 0) is 17.8 Å². The van der Waals surface area contributed by atoms with Gasteiger partial charge in [-0.3, -0.25) is 4.79 Å². The van der Waals surface area contributed by atoms with Crippen LogP contribution < -0.4 is 0 Å². The van der Waals surface area contributed by atoms with Gasteiger partial charge in [-0.1, -0.05) is 30.3 Å². The van der Waals surface area contributed by atoms with E-state index in [1.807, 2.05) is 23.4 Å². The van der Waals surface area contributed by atoms with E-state index in [0.29, 0.717) is 24.9 Å². The molecule has 0 saturated carbocycles. The summed E-state index contributed by atoms with van der Waals surface area (Å²) in [6.45, 7) is 5.72. The maximum absolute atomic E-state index is 12.3. The first-order chi connectivity index (χ1) is 10.6. The van der Waals surface area contributed by atoms with Crippen molar-refractivity contribution < 1.29 is 4.79 Å². The van der Waals surface area contributed by atoms with E-state index in [9.17, 15) is 4.79 Å². The normalized spacial score (nSPS) is 18.4. The van der Waals surface area contributed by atoms with Crippen molar-refractivity contribution in [3.05, 3.63) is 54.1 Å². The Hall–Kier alpha value is -2.10. The number of aromatic nitrogens is 2. The highest BCUT2D eigenvalue weighted by Crippen LogP contribution is 2.24. The summed E-state index contributed by atoms with van der Waals surface area (Å²) in [7, 11) is 0. The van der Waals surface area contributed by atoms with Crippen molar-refractivity contribution in [1.82, 2.24) is 14.5 Å². The van der Waals surface area contributed by atoms with E-state index in [-0.39, 0.29) is 5.91 Å². The first-order valence-electron chi connectivity index (χ1n) is 7.97. The third kappa shape index (κ3) is 3.21. The predicted octanol–water partition coefficient (Wildman–Crippen LogP) is 3.06. The summed E-state index contributed by atoms with van der Waals surface area (Å²) >= 11 is 0. The zero-order chi connectivity index (χ0) is 15.5. The van der Waals surface area contributed by atoms with Gasteiger partial charge in [-0.2, -0.15) is 0 Å². The lowest BCUT2D eigenvalue weighted by atomic mass is 9.99. The van der Waals surface area contributed by atoms with Gasteiger partial charge in [-0.25, -0.2) is 4.98 Å². The number of hydrogen-bond acceptors (Lipinski definition) is 2. The quantitative estimate of drug-likeness (QED) is 0.850. The molecule has 116 valence electrons. The molecule has 22 heavy (non-hydrogen) atoms. The molecule has 1 aliphatic rings. The third-order valence-electron chi connectivity index (χ3n) is 4.30. The minimum Gasteiger partial charge on any atom is -0.335 e. The van der Waals surface area contributed by atoms with Gasteiger partial charge in [-0.05, 0) is 31.7 Å². The van der Waals surface area contributed by atoms with Crippen molar-refractivity contribution >= 4 is 5.91 Å². The molecule has 1 aliphatic heterocycles. The number of amides is 1. The van der Waals surface area contributed by atoms with Gasteiger partial charge >= 0.3 is 0 Å². The minimum absolute atomic E-state index is 0.249. The Morgan fingerprint density at radius 3 is 2.77 bits per heavy atom. The minimum atomic E-state index is 0.249. The lowest BCUT2D eigenvalue weighted by molar-refractivity contribution is -0.128. The first-order valence-corrected chi connectivity index (χ1v) is 7.97. The predicted molar refractivity (Wildman–Crippen MR) is 86.3 cm³/mol. The number of carbonyl (C=O) groups excluding carboxylic acids is 1. The number of likely N-dealkylation sites (tertiary alicyclic amines) is 1. The number of rotatable bonds is 5. The Morgan fingerprint density at radius 1 is 1.27 bits per heavy atom. The van der Waals surface area contributed by atoms with Crippen LogP contribution in [0.25, 0.3) is 0 Å². The summed E-state index contributed by atoms with van der Waals surface area (Å²) in [5.74, 6) is 1.64. The number of carbonyl (C=O) groups is 1. The summed E-state index contributed by atoms with van der Waals surface area (Å²) < 4.78 is 2.14. The zero-order valence-corrected chi connectivity index (χ0v) is 13.3. The van der Waals surface area contributed by atoms with Gasteiger partial charge in [0.2, 0.25) is 5.91 Å². The van der Waals surface area contributed by atoms with Crippen LogP contribution in [0.5, 0.6) is 0 Å². The fraction of sp³-hybridized carbons (Fsp3) is 0.444. The van der Waals surface area contributed by atoms with E-state index in [0.717, 1.165) is 18.8 Å². The molecule has 0 bridgehead atoms. The molecule has 1 amide bonds. The summed E-state index contributed by atoms with van der Waals surface area (Å²) in [4.78, 5) is 18.6. The zero-order valence-electron chi connectivity index (χ0n) is 13.3. The van der Waals surface area contributed by atoms with Gasteiger partial charge in [0, 0.05) is 31.4 Å². The van der Waals surface area contributed by atoms with Crippen LogP contribution in [0, 0.1) is 5.92 Å². The molecule has 1 saturated heterocycles. The SMILES string of the molecule is CC(C)n1ccnc1CN1C[C@@H](Cc2ccccc2)CC1=O. The van der Waals surface area contributed by atoms with Gasteiger partial charge in [-0.15, -0.1) is 0 Å². The molecule has 4 heteroatoms. The van der Waals surface area contributed by atoms with Crippen molar-refractivity contribution in [2.24, 2.45) is 5.92 Å². The average molecular weight is 297 g/mol. The molecule has 2 aromatic rings. The number of benzene rings is 1. The van der Waals surface area contributed by atoms with Gasteiger partial charge in [0.1, 0.15) is 5.82 Å². The lowest BCUT2D eigenvalue weighted by Crippen LogP contribution is -2.27. The molecule has 1 aromatic carbocycles. The highest BCUT2D eigenvalue weighted by Gasteiger charge is 2.30. The number of nitrogens with zero attached hydrogens (tertiary/aromatic N) is 3. The summed E-state index contributed by atoms with van der Waals surface area (Å²) in [6.07, 6.45) is 5.43. The Balaban J connectivity index is 1.64. The Kier molecular flexibility index (Phi) is 4.27. The second-order valence-corrected chi connectivity index (χ2v) is 6.38. The van der Waals surface area contributed by atoms with Crippen molar-refractivity contribution in [2.75, 3.05) is 6.54 Å². The molecule has 0 aliphatic carbocycles. The summed E-state index contributed by atoms with van der Waals surface area (Å²) in [6, 6.07) is 10.8. The second kappa shape index (κ2) is 6.34. The largest absolute Gasteiger partial charge is 0.335 e. The van der Waals surface area contributed by atoms with E-state index in [1.165, 1.54) is 5.56 Å². The van der Waals surface area contributed by atoms with Gasteiger partial charge in [0.15, 0.2) is 0 Å². The smallest absolute Gasteiger partial charge is 0.223 e.